The molecule has 6 aliphatic rings. The van der Waals surface area contributed by atoms with Crippen LogP contribution in [-0.2, 0) is 34.7 Å². The van der Waals surface area contributed by atoms with Gasteiger partial charge in [-0.05, 0) is 154 Å². The van der Waals surface area contributed by atoms with Crippen molar-refractivity contribution < 1.29 is 19.0 Å². The third-order valence-electron chi connectivity index (χ3n) is 19.6. The van der Waals surface area contributed by atoms with E-state index >= 15 is 0 Å². The average molecular weight is 1220 g/mol. The van der Waals surface area contributed by atoms with Crippen molar-refractivity contribution in [2.24, 2.45) is 0 Å². The molecule has 10 nitrogen and oxygen atoms in total. The van der Waals surface area contributed by atoms with E-state index in [1.165, 1.54) is 90.8 Å². The summed E-state index contributed by atoms with van der Waals surface area (Å²) in [6.07, 6.45) is 24.2. The highest BCUT2D eigenvalue weighted by atomic mass is 79.9. The minimum atomic E-state index is -0.328. The van der Waals surface area contributed by atoms with E-state index in [1.807, 2.05) is 24.3 Å². The Morgan fingerprint density at radius 2 is 0.902 bits per heavy atom. The molecule has 7 aromatic carbocycles. The molecule has 2 saturated carbocycles. The molecule has 0 saturated heterocycles. The number of benzene rings is 7. The molecule has 4 heterocycles. The van der Waals surface area contributed by atoms with Gasteiger partial charge in [-0.3, -0.25) is 20.2 Å². The molecule has 0 amide bonds. The second-order valence-corrected chi connectivity index (χ2v) is 26.5. The maximum atomic E-state index is 12.2. The van der Waals surface area contributed by atoms with Gasteiger partial charge in [0.1, 0.15) is 0 Å². The summed E-state index contributed by atoms with van der Waals surface area (Å²) >= 11 is 7.07. The molecule has 12 heteroatoms. The van der Waals surface area contributed by atoms with Crippen LogP contribution in [-0.4, -0.2) is 44.5 Å². The molecule has 0 unspecified atom stereocenters. The normalized spacial score (nSPS) is 20.2. The molecule has 2 spiro atoms. The highest BCUT2D eigenvalue weighted by molar-refractivity contribution is 9.11. The molecule has 4 aliphatic heterocycles. The van der Waals surface area contributed by atoms with Crippen molar-refractivity contribution >= 4 is 99.0 Å². The lowest BCUT2D eigenvalue weighted by molar-refractivity contribution is -0.455. The van der Waals surface area contributed by atoms with Gasteiger partial charge in [0.05, 0.1) is 29.6 Å². The summed E-state index contributed by atoms with van der Waals surface area (Å²) in [6.45, 7) is 10.8. The van der Waals surface area contributed by atoms with Crippen LogP contribution in [0, 0.1) is 20.2 Å². The fraction of sp³-hybridized carbons (Fsp3) is 0.314. The fourth-order valence-electron chi connectivity index (χ4n) is 15.8. The first-order valence-corrected chi connectivity index (χ1v) is 30.7. The molecule has 0 atom stereocenters. The predicted molar refractivity (Wildman–Crippen MR) is 340 cm³/mol. The van der Waals surface area contributed by atoms with Crippen LogP contribution in [0.4, 0.5) is 34.1 Å². The van der Waals surface area contributed by atoms with Gasteiger partial charge in [-0.25, -0.2) is 0 Å². The second-order valence-electron chi connectivity index (χ2n) is 24.8. The topological polar surface area (TPSA) is 98.8 Å². The van der Waals surface area contributed by atoms with Gasteiger partial charge in [0.15, 0.2) is 24.5 Å². The molecule has 414 valence electrons. The lowest BCUT2D eigenvalue weighted by atomic mass is 9.68. The first kappa shape index (κ1) is 54.0. The third kappa shape index (κ3) is 8.42. The van der Waals surface area contributed by atoms with Crippen LogP contribution in [0.2, 0.25) is 0 Å². The van der Waals surface area contributed by atoms with Crippen LogP contribution in [0.15, 0.2) is 178 Å². The summed E-state index contributed by atoms with van der Waals surface area (Å²) in [4.78, 5) is 28.5. The zero-order chi connectivity index (χ0) is 57.0. The Kier molecular flexibility index (Phi) is 13.3. The van der Waals surface area contributed by atoms with Crippen LogP contribution in [0.1, 0.15) is 125 Å². The Labute approximate surface area is 497 Å². The van der Waals surface area contributed by atoms with Gasteiger partial charge in [-0.15, -0.1) is 0 Å². The zero-order valence-electron chi connectivity index (χ0n) is 47.6. The number of nitro benzene ring substituents is 2. The number of likely N-dealkylation sites (N-methyl/N-ethyl adjacent to an activating group) is 2. The summed E-state index contributed by atoms with van der Waals surface area (Å²) in [7, 11) is 4.23. The molecule has 2 fully saturated rings. The summed E-state index contributed by atoms with van der Waals surface area (Å²) < 4.78 is 6.05. The molecule has 0 N–H and O–H groups in total. The van der Waals surface area contributed by atoms with Crippen molar-refractivity contribution in [2.45, 2.75) is 127 Å². The molecule has 82 heavy (non-hydrogen) atoms. The highest BCUT2D eigenvalue weighted by Gasteiger charge is 2.51. The lowest BCUT2D eigenvalue weighted by Gasteiger charge is -2.36. The van der Waals surface area contributed by atoms with E-state index in [4.69, 9.17) is 0 Å². The smallest absolute Gasteiger partial charge is 0.283 e. The van der Waals surface area contributed by atoms with E-state index < -0.39 is 0 Å². The average Bonchev–Trinajstić information content (AvgIpc) is 4.24. The van der Waals surface area contributed by atoms with E-state index in [-0.39, 0.29) is 42.9 Å². The number of nitrogens with zero attached hydrogens (tertiary/aromatic N) is 6. The quantitative estimate of drug-likeness (QED) is 0.0769. The Balaban J connectivity index is 0.866. The molecule has 0 bridgehead atoms. The van der Waals surface area contributed by atoms with Crippen molar-refractivity contribution in [2.75, 3.05) is 23.9 Å². The van der Waals surface area contributed by atoms with Crippen LogP contribution in [0.3, 0.4) is 0 Å². The van der Waals surface area contributed by atoms with E-state index in [0.717, 1.165) is 73.9 Å². The van der Waals surface area contributed by atoms with Crippen molar-refractivity contribution in [1.29, 1.82) is 0 Å². The zero-order valence-corrected chi connectivity index (χ0v) is 50.7. The minimum absolute atomic E-state index is 0.120. The Morgan fingerprint density at radius 1 is 0.524 bits per heavy atom. The van der Waals surface area contributed by atoms with Gasteiger partial charge in [-0.1, -0.05) is 123 Å². The number of hydrogen-bond acceptors (Lipinski definition) is 6. The van der Waals surface area contributed by atoms with Crippen molar-refractivity contribution in [3.8, 4) is 0 Å². The van der Waals surface area contributed by atoms with Crippen molar-refractivity contribution in [1.82, 2.24) is 0 Å². The van der Waals surface area contributed by atoms with Crippen molar-refractivity contribution in [3.05, 3.63) is 232 Å². The standard InChI is InChI=1S/C70H68Br2N6O4/c1-67(2)61(23-17-25-63-69(35-13-7-14-36-69)51-39-59(77(79)80)53(71)41-57(51)73(63)5)75(55-33-31-47-19-9-11-21-49(47)65(55)67)43-45-27-29-46(30-28-45)44-76-56-34-32-48-20-10-12-22-50(48)66(56)68(3,4)62(76)24-18-26-64-70(37-15-8-16-38-70)52-40-60(78(81)82)54(72)42-58(52)74(64)6/h9-12,17-34,39-42H,7-8,13-16,35-38,43-44H2,1-6H3/q+2. The number of fused-ring (bicyclic) bond motifs is 10. The first-order chi connectivity index (χ1) is 39.4. The first-order valence-electron chi connectivity index (χ1n) is 29.1. The van der Waals surface area contributed by atoms with Crippen LogP contribution >= 0.6 is 31.9 Å². The van der Waals surface area contributed by atoms with Gasteiger partial charge in [0.25, 0.3) is 11.4 Å². The minimum Gasteiger partial charge on any atom is -0.347 e. The lowest BCUT2D eigenvalue weighted by Crippen LogP contribution is -2.32. The van der Waals surface area contributed by atoms with E-state index in [1.54, 1.807) is 0 Å². The second kappa shape index (κ2) is 20.3. The summed E-state index contributed by atoms with van der Waals surface area (Å²) in [5.74, 6) is 0. The van der Waals surface area contributed by atoms with Crippen LogP contribution < -0.4 is 9.80 Å². The number of allylic oxidation sites excluding steroid dienone is 8. The number of halogens is 2. The summed E-state index contributed by atoms with van der Waals surface area (Å²) in [5.41, 5.74) is 15.5. The van der Waals surface area contributed by atoms with E-state index in [0.29, 0.717) is 22.0 Å². The Hall–Kier alpha value is -7.28. The number of rotatable bonds is 10. The summed E-state index contributed by atoms with van der Waals surface area (Å²) in [6, 6.07) is 43.4. The van der Waals surface area contributed by atoms with E-state index in [9.17, 15) is 20.2 Å². The maximum absolute atomic E-state index is 12.2. The van der Waals surface area contributed by atoms with Gasteiger partial charge in [0, 0.05) is 106 Å². The predicted octanol–water partition coefficient (Wildman–Crippen LogP) is 18.1. The molecule has 7 aromatic rings. The van der Waals surface area contributed by atoms with Gasteiger partial charge >= 0.3 is 0 Å². The Morgan fingerprint density at radius 3 is 1.28 bits per heavy atom. The SMILES string of the molecule is CN1/C(=C/C=C/C2=[N+](Cc3ccc(C[N+]4=C(/C=C/C=C5/N(C)c6cc(Br)c([N+](=O)[O-])cc6C56CCCCC6)C(C)(C)c5c4ccc4ccccc54)cc3)c3ccc4ccccc4c3C2(C)C)C2(CCCCC2)c2cc([N+](=O)[O-])c(Br)cc21. The highest BCUT2D eigenvalue weighted by Crippen LogP contribution is 2.58. The van der Waals surface area contributed by atoms with Gasteiger partial charge < -0.3 is 9.80 Å². The fourth-order valence-corrected chi connectivity index (χ4v) is 16.7. The van der Waals surface area contributed by atoms with Crippen LogP contribution in [0.5, 0.6) is 0 Å². The molecule has 2 aliphatic carbocycles. The summed E-state index contributed by atoms with van der Waals surface area (Å²) in [5, 5.41) is 29.5. The van der Waals surface area contributed by atoms with E-state index in [2.05, 4.69) is 226 Å². The third-order valence-corrected chi connectivity index (χ3v) is 20.9. The number of hydrogen-bond donors (Lipinski definition) is 0. The molecule has 13 rings (SSSR count). The van der Waals surface area contributed by atoms with Gasteiger partial charge in [-0.2, -0.15) is 9.15 Å². The Bertz CT molecular complexity index is 3810. The molecular weight excluding hydrogens is 1150 g/mol. The van der Waals surface area contributed by atoms with Crippen LogP contribution in [0.25, 0.3) is 21.5 Å². The van der Waals surface area contributed by atoms with Crippen molar-refractivity contribution in [3.63, 3.8) is 0 Å². The monoisotopic (exact) mass is 1210 g/mol. The largest absolute Gasteiger partial charge is 0.347 e. The number of nitro groups is 2. The van der Waals surface area contributed by atoms with Gasteiger partial charge in [0.2, 0.25) is 11.4 Å². The molecular formula is C70H68Br2N6O4+2. The number of anilines is 2. The molecule has 0 aromatic heterocycles. The maximum Gasteiger partial charge on any atom is 0.283 e. The molecule has 0 radical (unpaired) electrons.